The summed E-state index contributed by atoms with van der Waals surface area (Å²) in [5, 5.41) is 4.46. The molecule has 1 atom stereocenters. The number of ether oxygens (including phenoxy) is 1. The highest BCUT2D eigenvalue weighted by atomic mass is 35.5. The molecule has 20 heavy (non-hydrogen) atoms. The molecular weight excluding hydrogens is 282 g/mol. The summed E-state index contributed by atoms with van der Waals surface area (Å²) in [5.41, 5.74) is -0.619. The Kier molecular flexibility index (Phi) is 3.52. The number of amides is 1. The van der Waals surface area contributed by atoms with Gasteiger partial charge in [-0.3, -0.25) is 14.3 Å². The number of halogens is 1. The molecule has 2 aliphatic heterocycles. The van der Waals surface area contributed by atoms with E-state index in [-0.39, 0.29) is 24.8 Å². The lowest BCUT2D eigenvalue weighted by atomic mass is 9.87. The molecule has 108 valence electrons. The molecule has 3 heterocycles. The topological polar surface area (TPSA) is 64.4 Å². The summed E-state index contributed by atoms with van der Waals surface area (Å²) in [6, 6.07) is 0. The van der Waals surface area contributed by atoms with Gasteiger partial charge in [0.2, 0.25) is 5.91 Å². The lowest BCUT2D eigenvalue weighted by molar-refractivity contribution is -0.153. The van der Waals surface area contributed by atoms with Gasteiger partial charge in [0.15, 0.2) is 5.78 Å². The Morgan fingerprint density at radius 3 is 2.95 bits per heavy atom. The summed E-state index contributed by atoms with van der Waals surface area (Å²) < 4.78 is 7.10. The fourth-order valence-corrected chi connectivity index (χ4v) is 3.00. The molecule has 7 heteroatoms. The lowest BCUT2D eigenvalue weighted by Gasteiger charge is -2.37. The lowest BCUT2D eigenvalue weighted by Crippen LogP contribution is -2.54. The van der Waals surface area contributed by atoms with Crippen LogP contribution < -0.4 is 0 Å². The monoisotopic (exact) mass is 297 g/mol. The molecule has 1 amide bonds. The largest absolute Gasteiger partial charge is 0.367 e. The number of Topliss-reactive ketones (excluding diaryl/α,β-unsaturated/α-hetero) is 1. The highest BCUT2D eigenvalue weighted by Gasteiger charge is 2.46. The zero-order valence-corrected chi connectivity index (χ0v) is 11.8. The van der Waals surface area contributed by atoms with Crippen molar-refractivity contribution >= 4 is 23.3 Å². The van der Waals surface area contributed by atoms with Gasteiger partial charge in [-0.15, -0.1) is 0 Å². The number of carbonyl (C=O) groups is 2. The molecule has 1 aromatic heterocycles. The third kappa shape index (κ3) is 2.45. The number of nitrogens with zero attached hydrogens (tertiary/aromatic N) is 3. The van der Waals surface area contributed by atoms with E-state index >= 15 is 0 Å². The number of likely N-dealkylation sites (tertiary alicyclic amines) is 1. The highest BCUT2D eigenvalue weighted by Crippen LogP contribution is 2.33. The summed E-state index contributed by atoms with van der Waals surface area (Å²) in [6.45, 7) is 1.44. The Bertz CT molecular complexity index is 537. The van der Waals surface area contributed by atoms with Crippen LogP contribution >= 0.6 is 11.6 Å². The van der Waals surface area contributed by atoms with Crippen molar-refractivity contribution in [3.05, 3.63) is 17.4 Å². The van der Waals surface area contributed by atoms with Crippen molar-refractivity contribution in [1.82, 2.24) is 14.7 Å². The number of rotatable bonds is 2. The van der Waals surface area contributed by atoms with Gasteiger partial charge >= 0.3 is 0 Å². The van der Waals surface area contributed by atoms with Crippen molar-refractivity contribution in [3.8, 4) is 0 Å². The molecule has 6 nitrogen and oxygen atoms in total. The number of carbonyl (C=O) groups excluding carboxylic acids is 2. The first-order chi connectivity index (χ1) is 9.59. The first-order valence-electron chi connectivity index (χ1n) is 6.72. The van der Waals surface area contributed by atoms with Crippen LogP contribution in [0.1, 0.15) is 19.3 Å². The molecule has 0 aromatic carbocycles. The quantitative estimate of drug-likeness (QED) is 0.813. The smallest absolute Gasteiger partial charge is 0.244 e. The summed E-state index contributed by atoms with van der Waals surface area (Å²) in [4.78, 5) is 26.0. The second kappa shape index (κ2) is 5.18. The summed E-state index contributed by atoms with van der Waals surface area (Å²) in [7, 11) is 0. The molecule has 0 saturated carbocycles. The fourth-order valence-electron chi connectivity index (χ4n) is 2.84. The van der Waals surface area contributed by atoms with Crippen molar-refractivity contribution in [1.29, 1.82) is 0 Å². The van der Waals surface area contributed by atoms with Gasteiger partial charge in [0.25, 0.3) is 0 Å². The first-order valence-corrected chi connectivity index (χ1v) is 7.10. The predicted octanol–water partition coefficient (Wildman–Crippen LogP) is 0.887. The molecule has 0 radical (unpaired) electrons. The second-order valence-electron chi connectivity index (χ2n) is 5.29. The van der Waals surface area contributed by atoms with Gasteiger partial charge in [-0.2, -0.15) is 5.10 Å². The summed E-state index contributed by atoms with van der Waals surface area (Å²) in [5.74, 6) is -0.0981. The van der Waals surface area contributed by atoms with Crippen molar-refractivity contribution in [2.75, 3.05) is 19.7 Å². The van der Waals surface area contributed by atoms with Gasteiger partial charge in [-0.05, 0) is 12.8 Å². The predicted molar refractivity (Wildman–Crippen MR) is 71.4 cm³/mol. The van der Waals surface area contributed by atoms with E-state index in [2.05, 4.69) is 5.10 Å². The molecule has 0 bridgehead atoms. The Balaban J connectivity index is 1.62. The molecule has 3 rings (SSSR count). The maximum absolute atomic E-state index is 12.2. The van der Waals surface area contributed by atoms with Gasteiger partial charge in [0, 0.05) is 25.8 Å². The zero-order valence-electron chi connectivity index (χ0n) is 11.0. The van der Waals surface area contributed by atoms with E-state index in [1.807, 2.05) is 0 Å². The van der Waals surface area contributed by atoms with Crippen LogP contribution in [0.5, 0.6) is 0 Å². The van der Waals surface area contributed by atoms with Crippen LogP contribution in [-0.4, -0.2) is 51.7 Å². The van der Waals surface area contributed by atoms with Crippen molar-refractivity contribution in [3.63, 3.8) is 0 Å². The molecule has 0 N–H and O–H groups in total. The van der Waals surface area contributed by atoms with Crippen LogP contribution in [0.25, 0.3) is 0 Å². The van der Waals surface area contributed by atoms with Crippen molar-refractivity contribution in [2.24, 2.45) is 0 Å². The Morgan fingerprint density at radius 2 is 2.35 bits per heavy atom. The summed E-state index contributed by atoms with van der Waals surface area (Å²) >= 11 is 5.76. The Morgan fingerprint density at radius 1 is 1.50 bits per heavy atom. The van der Waals surface area contributed by atoms with Crippen LogP contribution in [0.3, 0.4) is 0 Å². The second-order valence-corrected chi connectivity index (χ2v) is 5.73. The first kappa shape index (κ1) is 13.6. The number of piperidine rings is 1. The SMILES string of the molecule is O=C(Cn1cc(Cl)cn1)N1CC[C@@]2(CCCO2)C(=O)C1. The van der Waals surface area contributed by atoms with E-state index in [1.54, 1.807) is 11.1 Å². The highest BCUT2D eigenvalue weighted by molar-refractivity contribution is 6.30. The molecular formula is C13H16ClN3O3. The summed E-state index contributed by atoms with van der Waals surface area (Å²) in [6.07, 6.45) is 5.37. The van der Waals surface area contributed by atoms with E-state index in [0.717, 1.165) is 12.8 Å². The van der Waals surface area contributed by atoms with E-state index in [9.17, 15) is 9.59 Å². The van der Waals surface area contributed by atoms with Crippen LogP contribution in [0, 0.1) is 0 Å². The number of hydrogen-bond donors (Lipinski definition) is 0. The fraction of sp³-hybridized carbons (Fsp3) is 0.615. The third-order valence-corrected chi connectivity index (χ3v) is 4.18. The Labute approximate surface area is 121 Å². The zero-order chi connectivity index (χ0) is 14.2. The van der Waals surface area contributed by atoms with E-state index < -0.39 is 5.60 Å². The molecule has 1 aromatic rings. The van der Waals surface area contributed by atoms with Crippen LogP contribution in [-0.2, 0) is 20.9 Å². The molecule has 0 aliphatic carbocycles. The average Bonchev–Trinajstić information content (AvgIpc) is 3.03. The van der Waals surface area contributed by atoms with Crippen molar-refractivity contribution < 1.29 is 14.3 Å². The minimum absolute atomic E-state index is 0.0214. The van der Waals surface area contributed by atoms with Gasteiger partial charge in [0.1, 0.15) is 12.1 Å². The van der Waals surface area contributed by atoms with Crippen LogP contribution in [0.15, 0.2) is 12.4 Å². The average molecular weight is 298 g/mol. The standard InChI is InChI=1S/C13H16ClN3O3/c14-10-6-15-17(7-10)9-12(19)16-4-3-13(11(18)8-16)2-1-5-20-13/h6-7H,1-5,8-9H2/t13-/m0/s1. The van der Waals surface area contributed by atoms with Gasteiger partial charge < -0.3 is 9.64 Å². The molecule has 1 spiro atoms. The third-order valence-electron chi connectivity index (χ3n) is 3.98. The molecule has 2 fully saturated rings. The van der Waals surface area contributed by atoms with Crippen molar-refractivity contribution in [2.45, 2.75) is 31.4 Å². The minimum Gasteiger partial charge on any atom is -0.367 e. The van der Waals surface area contributed by atoms with Crippen LogP contribution in [0.4, 0.5) is 0 Å². The Hall–Kier alpha value is -1.40. The minimum atomic E-state index is -0.619. The molecule has 2 saturated heterocycles. The number of ketones is 1. The maximum Gasteiger partial charge on any atom is 0.244 e. The van der Waals surface area contributed by atoms with Gasteiger partial charge in [-0.25, -0.2) is 0 Å². The maximum atomic E-state index is 12.2. The van der Waals surface area contributed by atoms with E-state index in [1.165, 1.54) is 10.9 Å². The normalized spacial score (nSPS) is 26.4. The van der Waals surface area contributed by atoms with Crippen LogP contribution in [0.2, 0.25) is 5.02 Å². The molecule has 2 aliphatic rings. The van der Waals surface area contributed by atoms with E-state index in [4.69, 9.17) is 16.3 Å². The van der Waals surface area contributed by atoms with Gasteiger partial charge in [-0.1, -0.05) is 11.6 Å². The molecule has 0 unspecified atom stereocenters. The van der Waals surface area contributed by atoms with E-state index in [0.29, 0.717) is 24.6 Å². The van der Waals surface area contributed by atoms with Gasteiger partial charge in [0.05, 0.1) is 17.8 Å². The number of aromatic nitrogens is 2. The number of hydrogen-bond acceptors (Lipinski definition) is 4.